The highest BCUT2D eigenvalue weighted by Gasteiger charge is 2.47. The van der Waals surface area contributed by atoms with E-state index in [4.69, 9.17) is 10.5 Å². The minimum Gasteiger partial charge on any atom is -0.790 e. The number of anilines is 1. The number of aliphatic hydroxyl groups excluding tert-OH is 3. The topological polar surface area (TPSA) is 395 Å². The third kappa shape index (κ3) is 30.7. The summed E-state index contributed by atoms with van der Waals surface area (Å²) in [4.78, 5) is 98.5. The van der Waals surface area contributed by atoms with E-state index in [1.165, 1.54) is 97.3 Å². The molecule has 1 aliphatic rings. The Morgan fingerprint density at radius 3 is 1.84 bits per heavy atom. The van der Waals surface area contributed by atoms with Crippen LogP contribution in [0.3, 0.4) is 0 Å². The van der Waals surface area contributed by atoms with Crippen molar-refractivity contribution in [1.29, 1.82) is 0 Å². The molecule has 0 saturated carbocycles. The maximum absolute atomic E-state index is 13.0. The molecule has 25 nitrogen and oxygen atoms in total. The van der Waals surface area contributed by atoms with E-state index in [-0.39, 0.29) is 53.6 Å². The van der Waals surface area contributed by atoms with E-state index in [0.717, 1.165) is 73.9 Å². The zero-order valence-corrected chi connectivity index (χ0v) is 56.6. The van der Waals surface area contributed by atoms with Gasteiger partial charge in [-0.3, -0.25) is 28.1 Å². The number of phosphoric acid groups is 3. The largest absolute Gasteiger partial charge is 0.790 e. The molecule has 3 heterocycles. The van der Waals surface area contributed by atoms with Crippen molar-refractivity contribution in [2.75, 3.05) is 37.8 Å². The lowest BCUT2D eigenvalue weighted by molar-refractivity contribution is -0.347. The Hall–Kier alpha value is -2.48. The third-order valence-corrected chi connectivity index (χ3v) is 20.2. The number of unbranched alkanes of at least 4 members (excludes halogenated alkanes) is 12. The van der Waals surface area contributed by atoms with Gasteiger partial charge < -0.3 is 74.1 Å². The maximum atomic E-state index is 13.0. The van der Waals surface area contributed by atoms with Crippen molar-refractivity contribution in [2.24, 2.45) is 46.8 Å². The molecule has 3 rings (SSSR count). The number of hydrogen-bond donors (Lipinski definition) is 6. The van der Waals surface area contributed by atoms with E-state index in [0.29, 0.717) is 41.3 Å². The van der Waals surface area contributed by atoms with Gasteiger partial charge in [-0.05, 0) is 80.5 Å². The number of carbonyl (C=O) groups excluding carboxylic acids is 3. The van der Waals surface area contributed by atoms with E-state index in [2.05, 4.69) is 91.9 Å². The molecular weight excluding hydrogens is 1210 g/mol. The number of nitrogen functional groups attached to an aromatic ring is 1. The number of thioether (sulfide) groups is 1. The van der Waals surface area contributed by atoms with Crippen molar-refractivity contribution < 1.29 is 85.6 Å². The number of rotatable bonds is 47. The average molecular weight is 1310 g/mol. The van der Waals surface area contributed by atoms with Gasteiger partial charge in [-0.2, -0.15) is 0 Å². The number of fused-ring (bicyclic) bond motifs is 1. The second kappa shape index (κ2) is 39.2. The maximum Gasteiger partial charge on any atom is 0.274 e. The van der Waals surface area contributed by atoms with Crippen molar-refractivity contribution in [1.82, 2.24) is 30.2 Å². The van der Waals surface area contributed by atoms with Gasteiger partial charge in [-0.1, -0.05) is 164 Å². The van der Waals surface area contributed by atoms with Gasteiger partial charge in [0.2, 0.25) is 11.8 Å². The Balaban J connectivity index is 1.27. The fraction of sp³-hybridized carbons (Fsp3) is 0.862. The molecule has 1 saturated heterocycles. The number of nitrogens with two attached hydrogens (primary N) is 1. The molecule has 0 spiro atoms. The van der Waals surface area contributed by atoms with Gasteiger partial charge in [0.25, 0.3) is 15.6 Å². The first-order valence-corrected chi connectivity index (χ1v) is 36.8. The standard InChI is InChI=1S/C58H108N7O18P3S/c1-11-12-13-14-15-16-17-18-19-20-21-22-23-24-46(66)44(7)33-42(5)31-40(3)29-39(2)30-41(4)32-43(6)34-45(8)57(71)87-28-27-60-48(67)25-26-61-55(70)52(69)58(9,10)36-80-86(77,78)83-85(75,76)79-35-47-51(82-84(72,73)74)50(68)56(81-47)65-38-64-49-53(59)62-37-63-54(49)65/h37-47,50-52,56,66,68-69H,11-36H2,1-10H3,(H,60,67)(H,61,70)(H,75,76)(H,77,78)(H2,59,62,63)(H2,72,73,74)/p-4/t39-,40+,41-,42+,43-,44+,45-,46+,47+,50+,51+,52-,56+/m0/s1. The number of nitrogens with zero attached hydrogens (tertiary/aromatic N) is 4. The second-order valence-corrected chi connectivity index (χ2v) is 30.7. The van der Waals surface area contributed by atoms with Crippen molar-refractivity contribution >= 4 is 69.1 Å². The molecule has 2 unspecified atom stereocenters. The number of nitrogens with one attached hydrogen (secondary N) is 2. The molecule has 0 aliphatic carbocycles. The Labute approximate surface area is 520 Å². The van der Waals surface area contributed by atoms with E-state index >= 15 is 0 Å². The van der Waals surface area contributed by atoms with Gasteiger partial charge in [-0.25, -0.2) is 19.3 Å². The molecule has 2 aromatic rings. The summed E-state index contributed by atoms with van der Waals surface area (Å²) in [6.45, 7) is 18.1. The number of aromatic nitrogens is 4. The molecule has 0 aromatic carbocycles. The first kappa shape index (κ1) is 78.8. The van der Waals surface area contributed by atoms with Crippen molar-refractivity contribution in [3.05, 3.63) is 12.7 Å². The van der Waals surface area contributed by atoms with Crippen LogP contribution in [0.15, 0.2) is 12.7 Å². The lowest BCUT2D eigenvalue weighted by Gasteiger charge is -2.36. The molecule has 1 fully saturated rings. The van der Waals surface area contributed by atoms with Crippen molar-refractivity contribution in [2.45, 2.75) is 241 Å². The molecule has 15 atom stereocenters. The van der Waals surface area contributed by atoms with E-state index in [1.54, 1.807) is 0 Å². The molecule has 0 bridgehead atoms. The Kier molecular flexibility index (Phi) is 35.4. The quantitative estimate of drug-likeness (QED) is 0.0272. The van der Waals surface area contributed by atoms with Crippen LogP contribution in [-0.4, -0.2) is 114 Å². The van der Waals surface area contributed by atoms with Gasteiger partial charge in [0.05, 0.1) is 33.5 Å². The molecule has 504 valence electrons. The number of ether oxygens (including phenoxy) is 1. The molecule has 29 heteroatoms. The van der Waals surface area contributed by atoms with E-state index in [1.807, 2.05) is 6.92 Å². The van der Waals surface area contributed by atoms with Gasteiger partial charge in [0, 0.05) is 36.6 Å². The van der Waals surface area contributed by atoms with Crippen LogP contribution < -0.4 is 35.9 Å². The lowest BCUT2D eigenvalue weighted by Crippen LogP contribution is -2.46. The predicted octanol–water partition coefficient (Wildman–Crippen LogP) is 7.77. The van der Waals surface area contributed by atoms with E-state index < -0.39 is 84.6 Å². The predicted molar refractivity (Wildman–Crippen MR) is 326 cm³/mol. The van der Waals surface area contributed by atoms with Crippen LogP contribution in [0, 0.1) is 46.8 Å². The monoisotopic (exact) mass is 1310 g/mol. The fourth-order valence-corrected chi connectivity index (χ4v) is 15.3. The number of imidazole rings is 1. The summed E-state index contributed by atoms with van der Waals surface area (Å²) in [5.41, 5.74) is 4.10. The smallest absolute Gasteiger partial charge is 0.274 e. The summed E-state index contributed by atoms with van der Waals surface area (Å²) in [6.07, 6.45) is 16.7. The average Bonchev–Trinajstić information content (AvgIpc) is 1.75. The normalized spacial score (nSPS) is 21.3. The Morgan fingerprint density at radius 1 is 0.747 bits per heavy atom. The highest BCUT2D eigenvalue weighted by atomic mass is 32.2. The lowest BCUT2D eigenvalue weighted by atomic mass is 9.80. The highest BCUT2D eigenvalue weighted by molar-refractivity contribution is 8.13. The highest BCUT2D eigenvalue weighted by Crippen LogP contribution is 2.56. The van der Waals surface area contributed by atoms with Gasteiger partial charge >= 0.3 is 0 Å². The van der Waals surface area contributed by atoms with Crippen molar-refractivity contribution in [3.63, 3.8) is 0 Å². The first-order valence-electron chi connectivity index (χ1n) is 31.4. The molecule has 0 radical (unpaired) electrons. The Bertz CT molecular complexity index is 2500. The second-order valence-electron chi connectivity index (χ2n) is 25.6. The Morgan fingerprint density at radius 2 is 1.28 bits per heavy atom. The number of phosphoric ester groups is 3. The fourth-order valence-electron chi connectivity index (χ4n) is 11.8. The van der Waals surface area contributed by atoms with Crippen LogP contribution in [0.1, 0.15) is 210 Å². The zero-order valence-electron chi connectivity index (χ0n) is 53.1. The summed E-state index contributed by atoms with van der Waals surface area (Å²) in [5.74, 6) is 1.61. The van der Waals surface area contributed by atoms with Crippen LogP contribution in [0.2, 0.25) is 0 Å². The molecule has 87 heavy (non-hydrogen) atoms. The number of hydrogen-bond acceptors (Lipinski definition) is 23. The van der Waals surface area contributed by atoms with Gasteiger partial charge in [0.15, 0.2) is 22.8 Å². The summed E-state index contributed by atoms with van der Waals surface area (Å²) < 4.78 is 61.3. The summed E-state index contributed by atoms with van der Waals surface area (Å²) in [7, 11) is -17.7. The van der Waals surface area contributed by atoms with Gasteiger partial charge in [-0.15, -0.1) is 0 Å². The molecule has 2 amide bonds. The SMILES string of the molecule is CCCCCCCCCCCCCCC[C@@H](O)[C@H](C)C[C@H](C)C[C@H](C)C[C@H](C)C[C@H](C)C[C@H](C)C[C@H](C)C(=O)SCCNC(=O)CCNC(=O)[C@H](O)C(C)(C)COP(=O)([O-])OP(=O)([O-])OC[C@H]1O[C@@H](n2cnc3c(N)ncnc32)[C@H](O)[C@@H]1OP(=O)([O-])[O-]. The van der Waals surface area contributed by atoms with Crippen LogP contribution >= 0.6 is 35.2 Å². The van der Waals surface area contributed by atoms with Crippen molar-refractivity contribution in [3.8, 4) is 0 Å². The van der Waals surface area contributed by atoms with Gasteiger partial charge in [0.1, 0.15) is 36.3 Å². The zero-order chi connectivity index (χ0) is 65.1. The molecule has 2 aromatic heterocycles. The molecular formula is C58H104N7O18P3S-4. The number of amides is 2. The van der Waals surface area contributed by atoms with E-state index in [9.17, 15) is 63.0 Å². The molecule has 1 aliphatic heterocycles. The molecule has 7 N–H and O–H groups in total. The third-order valence-electron chi connectivity index (χ3n) is 16.1. The first-order chi connectivity index (χ1) is 40.7. The minimum absolute atomic E-state index is 0.0207. The van der Waals surface area contributed by atoms with Crippen LogP contribution in [0.25, 0.3) is 11.2 Å². The summed E-state index contributed by atoms with van der Waals surface area (Å²) >= 11 is 1.15. The van der Waals surface area contributed by atoms with Crippen LogP contribution in [0.4, 0.5) is 5.82 Å². The van der Waals surface area contributed by atoms with Crippen LogP contribution in [-0.2, 0) is 50.7 Å². The number of carbonyl (C=O) groups is 3. The minimum atomic E-state index is -5.94. The summed E-state index contributed by atoms with van der Waals surface area (Å²) in [5, 5.41) is 37.7. The number of aliphatic hydroxyl groups is 3. The summed E-state index contributed by atoms with van der Waals surface area (Å²) in [6, 6.07) is 0. The van der Waals surface area contributed by atoms with Crippen LogP contribution in [0.5, 0.6) is 0 Å².